The molecule has 1 N–H and O–H groups in total. The summed E-state index contributed by atoms with van der Waals surface area (Å²) in [6, 6.07) is 5.65. The molecule has 0 amide bonds. The van der Waals surface area contributed by atoms with Crippen molar-refractivity contribution in [1.29, 1.82) is 5.26 Å². The van der Waals surface area contributed by atoms with Crippen LogP contribution in [0.3, 0.4) is 0 Å². The molecular weight excluding hydrogens is 338 g/mol. The first-order valence-electron chi connectivity index (χ1n) is 8.15. The summed E-state index contributed by atoms with van der Waals surface area (Å²) in [7, 11) is -3.53. The Kier molecular flexibility index (Phi) is 3.90. The average molecular weight is 355 g/mol. The lowest BCUT2D eigenvalue weighted by atomic mass is 9.92. The monoisotopic (exact) mass is 355 g/mol. The van der Waals surface area contributed by atoms with Crippen LogP contribution in [-0.4, -0.2) is 46.5 Å². The Morgan fingerprint density at radius 1 is 1.36 bits per heavy atom. The SMILES string of the molecule is N#CCS(=O)(=O)N1CCCC(c2nccc3cnc4[nH]ccc4c23)C1. The fourth-order valence-corrected chi connectivity index (χ4v) is 4.76. The van der Waals surface area contributed by atoms with E-state index in [1.165, 1.54) is 4.31 Å². The Labute approximate surface area is 145 Å². The fourth-order valence-electron chi connectivity index (χ4n) is 3.60. The van der Waals surface area contributed by atoms with Crippen molar-refractivity contribution >= 4 is 31.8 Å². The standard InChI is InChI=1S/C17H17N5O2S/c18-5-9-25(23,24)22-8-1-2-13(11-22)16-15-12(3-6-19-16)10-21-17-14(15)4-7-20-17/h3-4,6-7,10,13H,1-2,8-9,11H2,(H,20,21). The zero-order chi connectivity index (χ0) is 17.4. The molecule has 1 saturated heterocycles. The van der Waals surface area contributed by atoms with Gasteiger partial charge in [0.15, 0.2) is 5.75 Å². The molecule has 1 aliphatic heterocycles. The Morgan fingerprint density at radius 2 is 2.24 bits per heavy atom. The topological polar surface area (TPSA) is 103 Å². The van der Waals surface area contributed by atoms with Crippen LogP contribution in [0.25, 0.3) is 21.8 Å². The second-order valence-electron chi connectivity index (χ2n) is 6.27. The van der Waals surface area contributed by atoms with Crippen molar-refractivity contribution in [2.24, 2.45) is 0 Å². The number of H-pyrrole nitrogens is 1. The summed E-state index contributed by atoms with van der Waals surface area (Å²) in [5.41, 5.74) is 1.70. The highest BCUT2D eigenvalue weighted by molar-refractivity contribution is 7.89. The van der Waals surface area contributed by atoms with Gasteiger partial charge in [0.05, 0.1) is 11.8 Å². The molecule has 0 bridgehead atoms. The molecule has 4 rings (SSSR count). The number of hydrogen-bond acceptors (Lipinski definition) is 5. The Balaban J connectivity index is 1.79. The number of aromatic nitrogens is 3. The highest BCUT2D eigenvalue weighted by atomic mass is 32.2. The third kappa shape index (κ3) is 2.75. The van der Waals surface area contributed by atoms with Crippen LogP contribution in [0.1, 0.15) is 24.5 Å². The van der Waals surface area contributed by atoms with Gasteiger partial charge in [-0.05, 0) is 25.0 Å². The second kappa shape index (κ2) is 6.10. The van der Waals surface area contributed by atoms with E-state index in [4.69, 9.17) is 5.26 Å². The molecule has 1 atom stereocenters. The van der Waals surface area contributed by atoms with E-state index in [0.29, 0.717) is 13.1 Å². The van der Waals surface area contributed by atoms with E-state index in [2.05, 4.69) is 15.0 Å². The molecule has 128 valence electrons. The van der Waals surface area contributed by atoms with Crippen LogP contribution in [0.5, 0.6) is 0 Å². The molecule has 0 saturated carbocycles. The van der Waals surface area contributed by atoms with Crippen LogP contribution in [0.15, 0.2) is 30.7 Å². The predicted octanol–water partition coefficient (Wildman–Crippen LogP) is 2.14. The molecule has 3 aromatic heterocycles. The van der Waals surface area contributed by atoms with E-state index in [9.17, 15) is 8.42 Å². The summed E-state index contributed by atoms with van der Waals surface area (Å²) in [4.78, 5) is 12.1. The van der Waals surface area contributed by atoms with Gasteiger partial charge in [0, 0.05) is 53.8 Å². The van der Waals surface area contributed by atoms with Crippen LogP contribution in [0.2, 0.25) is 0 Å². The molecular formula is C17H17N5O2S. The van der Waals surface area contributed by atoms with E-state index >= 15 is 0 Å². The van der Waals surface area contributed by atoms with Crippen LogP contribution < -0.4 is 0 Å². The molecule has 0 spiro atoms. The maximum absolute atomic E-state index is 12.3. The molecule has 1 aliphatic rings. The zero-order valence-electron chi connectivity index (χ0n) is 13.5. The number of nitrogens with zero attached hydrogens (tertiary/aromatic N) is 4. The van der Waals surface area contributed by atoms with Crippen LogP contribution >= 0.6 is 0 Å². The lowest BCUT2D eigenvalue weighted by Gasteiger charge is -2.31. The molecule has 0 radical (unpaired) electrons. The van der Waals surface area contributed by atoms with E-state index in [1.807, 2.05) is 24.5 Å². The van der Waals surface area contributed by atoms with Crippen molar-refractivity contribution in [3.63, 3.8) is 0 Å². The van der Waals surface area contributed by atoms with Crippen molar-refractivity contribution in [2.75, 3.05) is 18.8 Å². The summed E-state index contributed by atoms with van der Waals surface area (Å²) in [6.45, 7) is 0.830. The first-order chi connectivity index (χ1) is 12.1. The van der Waals surface area contributed by atoms with Crippen LogP contribution in [-0.2, 0) is 10.0 Å². The number of aromatic amines is 1. The number of pyridine rings is 2. The predicted molar refractivity (Wildman–Crippen MR) is 94.3 cm³/mol. The van der Waals surface area contributed by atoms with Gasteiger partial charge in [-0.2, -0.15) is 5.26 Å². The Bertz CT molecular complexity index is 1080. The first-order valence-corrected chi connectivity index (χ1v) is 9.76. The minimum absolute atomic E-state index is 0.00594. The molecule has 0 aromatic carbocycles. The molecule has 1 unspecified atom stereocenters. The van der Waals surface area contributed by atoms with Crippen LogP contribution in [0, 0.1) is 11.3 Å². The molecule has 3 aromatic rings. The van der Waals surface area contributed by atoms with E-state index < -0.39 is 15.8 Å². The quantitative estimate of drug-likeness (QED) is 0.775. The van der Waals surface area contributed by atoms with Gasteiger partial charge in [-0.3, -0.25) is 4.98 Å². The highest BCUT2D eigenvalue weighted by Crippen LogP contribution is 2.34. The second-order valence-corrected chi connectivity index (χ2v) is 8.24. The van der Waals surface area contributed by atoms with Gasteiger partial charge in [-0.1, -0.05) is 0 Å². The summed E-state index contributed by atoms with van der Waals surface area (Å²) >= 11 is 0. The first kappa shape index (κ1) is 16.0. The molecule has 25 heavy (non-hydrogen) atoms. The van der Waals surface area contributed by atoms with Crippen molar-refractivity contribution in [3.05, 3.63) is 36.4 Å². The van der Waals surface area contributed by atoms with Gasteiger partial charge in [0.25, 0.3) is 0 Å². The lowest BCUT2D eigenvalue weighted by Crippen LogP contribution is -2.40. The van der Waals surface area contributed by atoms with Gasteiger partial charge in [0.1, 0.15) is 5.65 Å². The number of nitriles is 1. The van der Waals surface area contributed by atoms with Crippen molar-refractivity contribution in [3.8, 4) is 6.07 Å². The third-order valence-electron chi connectivity index (χ3n) is 4.75. The van der Waals surface area contributed by atoms with E-state index in [0.717, 1.165) is 40.3 Å². The number of nitrogens with one attached hydrogen (secondary N) is 1. The normalized spacial score (nSPS) is 19.2. The Hall–Kier alpha value is -2.50. The van der Waals surface area contributed by atoms with Gasteiger partial charge in [-0.15, -0.1) is 0 Å². The number of fused-ring (bicyclic) bond motifs is 3. The van der Waals surface area contributed by atoms with Gasteiger partial charge < -0.3 is 4.98 Å². The minimum atomic E-state index is -3.53. The van der Waals surface area contributed by atoms with Crippen molar-refractivity contribution in [1.82, 2.24) is 19.3 Å². The number of piperidine rings is 1. The number of sulfonamides is 1. The smallest absolute Gasteiger partial charge is 0.227 e. The van der Waals surface area contributed by atoms with Crippen molar-refractivity contribution in [2.45, 2.75) is 18.8 Å². The van der Waals surface area contributed by atoms with E-state index in [1.54, 1.807) is 12.3 Å². The number of rotatable bonds is 3. The number of hydrogen-bond donors (Lipinski definition) is 1. The van der Waals surface area contributed by atoms with Gasteiger partial charge in [-0.25, -0.2) is 17.7 Å². The molecule has 1 fully saturated rings. The van der Waals surface area contributed by atoms with Crippen molar-refractivity contribution < 1.29 is 8.42 Å². The molecule has 7 nitrogen and oxygen atoms in total. The maximum atomic E-state index is 12.3. The Morgan fingerprint density at radius 3 is 3.08 bits per heavy atom. The molecule has 4 heterocycles. The summed E-state index contributed by atoms with van der Waals surface area (Å²) < 4.78 is 26.0. The molecule has 0 aliphatic carbocycles. The summed E-state index contributed by atoms with van der Waals surface area (Å²) in [5, 5.41) is 11.8. The van der Waals surface area contributed by atoms with Gasteiger partial charge >= 0.3 is 0 Å². The molecule has 8 heteroatoms. The summed E-state index contributed by atoms with van der Waals surface area (Å²) in [6.07, 6.45) is 7.04. The zero-order valence-corrected chi connectivity index (χ0v) is 14.3. The minimum Gasteiger partial charge on any atom is -0.346 e. The van der Waals surface area contributed by atoms with Gasteiger partial charge in [0.2, 0.25) is 10.0 Å². The summed E-state index contributed by atoms with van der Waals surface area (Å²) in [5.74, 6) is -0.472. The largest absolute Gasteiger partial charge is 0.346 e. The lowest BCUT2D eigenvalue weighted by molar-refractivity contribution is 0.315. The van der Waals surface area contributed by atoms with Crippen LogP contribution in [0.4, 0.5) is 0 Å². The third-order valence-corrected chi connectivity index (χ3v) is 6.36. The van der Waals surface area contributed by atoms with E-state index in [-0.39, 0.29) is 5.92 Å². The highest BCUT2D eigenvalue weighted by Gasteiger charge is 2.31. The maximum Gasteiger partial charge on any atom is 0.227 e. The average Bonchev–Trinajstić information content (AvgIpc) is 3.10. The fraction of sp³-hybridized carbons (Fsp3) is 0.353.